The highest BCUT2D eigenvalue weighted by atomic mass is 32.2. The second kappa shape index (κ2) is 15.9. The molecule has 0 fully saturated rings. The number of benzene rings is 2. The Morgan fingerprint density at radius 1 is 1.00 bits per heavy atom. The Kier molecular flexibility index (Phi) is 11.6. The summed E-state index contributed by atoms with van der Waals surface area (Å²) in [6.45, 7) is 3.59. The fourth-order valence-corrected chi connectivity index (χ4v) is 7.71. The van der Waals surface area contributed by atoms with E-state index in [0.717, 1.165) is 11.6 Å². The molecule has 4 amide bonds. The Hall–Kier alpha value is -4.71. The number of nitrogens with two attached hydrogens (primary N) is 1. The summed E-state index contributed by atoms with van der Waals surface area (Å²) < 4.78 is 29.6. The van der Waals surface area contributed by atoms with Crippen molar-refractivity contribution in [3.63, 3.8) is 0 Å². The number of aromatic nitrogens is 2. The molecule has 2 aromatic carbocycles. The zero-order valence-corrected chi connectivity index (χ0v) is 30.0. The van der Waals surface area contributed by atoms with E-state index >= 15 is 0 Å². The van der Waals surface area contributed by atoms with Gasteiger partial charge in [-0.05, 0) is 42.5 Å². The van der Waals surface area contributed by atoms with E-state index < -0.39 is 52.3 Å². The molecule has 2 atom stereocenters. The van der Waals surface area contributed by atoms with Crippen molar-refractivity contribution in [2.24, 2.45) is 11.1 Å². The Labute approximate surface area is 297 Å². The van der Waals surface area contributed by atoms with Crippen molar-refractivity contribution in [2.75, 3.05) is 26.7 Å². The van der Waals surface area contributed by atoms with Gasteiger partial charge in [0.25, 0.3) is 17.7 Å². The fraction of sp³-hybridized carbons (Fsp3) is 0.333. The second-order valence-electron chi connectivity index (χ2n) is 11.9. The van der Waals surface area contributed by atoms with Gasteiger partial charge in [0.05, 0.1) is 36.2 Å². The lowest BCUT2D eigenvalue weighted by molar-refractivity contribution is -0.122. The molecule has 0 saturated heterocycles. The lowest BCUT2D eigenvalue weighted by atomic mass is 10.0. The third kappa shape index (κ3) is 8.90. The van der Waals surface area contributed by atoms with Crippen LogP contribution in [-0.2, 0) is 21.2 Å². The van der Waals surface area contributed by atoms with Crippen molar-refractivity contribution < 1.29 is 32.3 Å². The third-order valence-electron chi connectivity index (χ3n) is 7.89. The normalized spacial score (nSPS) is 17.9. The zero-order chi connectivity index (χ0) is 36.0. The molecule has 0 unspecified atom stereocenters. The van der Waals surface area contributed by atoms with Gasteiger partial charge in [0.15, 0.2) is 0 Å². The van der Waals surface area contributed by atoms with E-state index in [1.807, 2.05) is 44.2 Å². The Morgan fingerprint density at radius 2 is 1.68 bits per heavy atom. The first-order valence-corrected chi connectivity index (χ1v) is 19.0. The van der Waals surface area contributed by atoms with Gasteiger partial charge in [-0.1, -0.05) is 44.2 Å². The maximum Gasteiger partial charge on any atom is 0.271 e. The number of nitrogens with one attached hydrogen (secondary N) is 3. The van der Waals surface area contributed by atoms with Crippen LogP contribution in [0.15, 0.2) is 64.2 Å². The van der Waals surface area contributed by atoms with Gasteiger partial charge in [-0.2, -0.15) is 0 Å². The molecule has 4 aromatic rings. The lowest BCUT2D eigenvalue weighted by Crippen LogP contribution is -2.43. The van der Waals surface area contributed by atoms with E-state index in [2.05, 4.69) is 25.9 Å². The smallest absolute Gasteiger partial charge is 0.271 e. The minimum Gasteiger partial charge on any atom is -0.496 e. The van der Waals surface area contributed by atoms with Crippen molar-refractivity contribution in [1.29, 1.82) is 0 Å². The number of hydrogen-bond donors (Lipinski definition) is 4. The number of sulfonamides is 1. The molecule has 0 spiro atoms. The van der Waals surface area contributed by atoms with Crippen LogP contribution in [0.5, 0.6) is 5.75 Å². The largest absolute Gasteiger partial charge is 0.496 e. The summed E-state index contributed by atoms with van der Waals surface area (Å²) in [5.41, 5.74) is 1.14. The highest BCUT2D eigenvalue weighted by Gasteiger charge is 2.29. The maximum atomic E-state index is 14.0. The van der Waals surface area contributed by atoms with Crippen molar-refractivity contribution >= 4 is 56.3 Å². The third-order valence-corrected chi connectivity index (χ3v) is 10.7. The molecule has 0 aliphatic carbocycles. The average Bonchev–Trinajstić information content (AvgIpc) is 3.78. The van der Waals surface area contributed by atoms with E-state index in [1.54, 1.807) is 10.8 Å². The number of ether oxygens (including phenoxy) is 1. The molecule has 264 valence electrons. The summed E-state index contributed by atoms with van der Waals surface area (Å²) in [7, 11) is -2.83. The summed E-state index contributed by atoms with van der Waals surface area (Å²) in [6.07, 6.45) is 0.592. The van der Waals surface area contributed by atoms with Crippen LogP contribution >= 0.6 is 22.7 Å². The molecule has 14 nitrogen and oxygen atoms in total. The molecule has 4 bridgehead atoms. The minimum absolute atomic E-state index is 0.0101. The predicted octanol–water partition coefficient (Wildman–Crippen LogP) is 3.06. The molecule has 3 heterocycles. The van der Waals surface area contributed by atoms with Crippen LogP contribution in [0.2, 0.25) is 0 Å². The number of primary sulfonamides is 1. The molecule has 0 saturated carbocycles. The molecule has 50 heavy (non-hydrogen) atoms. The van der Waals surface area contributed by atoms with Crippen molar-refractivity contribution in [1.82, 2.24) is 30.8 Å². The standard InChI is InChI=1S/C33H37N7O7S3/c1-19(2)28-32-38-24(17-49-32)29(42)35-12-7-13-40(33(44)22-15-21(50(34,45)46)10-11-26(22)47-3)16-27(41)36-23(14-20-8-5-4-6-9-20)31-37-25(18-48-31)30(43)39-28/h4-6,8-11,15,17-19,23,28H,7,12-14,16H2,1-3H3,(H,35,42)(H,36,41)(H,39,43)(H2,34,45,46)/t23-,28-/m0/s1. The number of fused-ring (bicyclic) bond motifs is 4. The fourth-order valence-electron chi connectivity index (χ4n) is 5.29. The number of amides is 4. The van der Waals surface area contributed by atoms with Gasteiger partial charge in [-0.15, -0.1) is 22.7 Å². The van der Waals surface area contributed by atoms with E-state index in [4.69, 9.17) is 9.88 Å². The van der Waals surface area contributed by atoms with Crippen molar-refractivity contribution in [3.8, 4) is 5.75 Å². The number of nitrogens with zero attached hydrogens (tertiary/aromatic N) is 3. The van der Waals surface area contributed by atoms with Crippen molar-refractivity contribution in [2.45, 2.75) is 43.7 Å². The molecular formula is C33H37N7O7S3. The molecule has 0 radical (unpaired) electrons. The van der Waals surface area contributed by atoms with Crippen LogP contribution in [0.25, 0.3) is 0 Å². The molecule has 17 heteroatoms. The van der Waals surface area contributed by atoms with Crippen LogP contribution in [0.3, 0.4) is 0 Å². The number of carbonyl (C=O) groups excluding carboxylic acids is 4. The summed E-state index contributed by atoms with van der Waals surface area (Å²) in [6, 6.07) is 12.0. The minimum atomic E-state index is -4.16. The number of rotatable bonds is 6. The number of hydrogen-bond acceptors (Lipinski definition) is 11. The maximum absolute atomic E-state index is 14.0. The quantitative estimate of drug-likeness (QED) is 0.229. The monoisotopic (exact) mass is 739 g/mol. The zero-order valence-electron chi connectivity index (χ0n) is 27.5. The van der Waals surface area contributed by atoms with Gasteiger partial charge in [0.2, 0.25) is 15.9 Å². The summed E-state index contributed by atoms with van der Waals surface area (Å²) in [5.74, 6) is -2.05. The topological polar surface area (TPSA) is 203 Å². The summed E-state index contributed by atoms with van der Waals surface area (Å²) >= 11 is 2.48. The van der Waals surface area contributed by atoms with E-state index in [1.165, 1.54) is 46.8 Å². The highest BCUT2D eigenvalue weighted by Crippen LogP contribution is 2.28. The Balaban J connectivity index is 1.51. The van der Waals surface area contributed by atoms with Crippen LogP contribution in [0.1, 0.15) is 79.3 Å². The second-order valence-corrected chi connectivity index (χ2v) is 15.2. The van der Waals surface area contributed by atoms with E-state index in [9.17, 15) is 27.6 Å². The van der Waals surface area contributed by atoms with Crippen LogP contribution in [0.4, 0.5) is 0 Å². The van der Waals surface area contributed by atoms with Gasteiger partial charge < -0.3 is 25.6 Å². The van der Waals surface area contributed by atoms with E-state index in [-0.39, 0.29) is 53.0 Å². The van der Waals surface area contributed by atoms with Crippen molar-refractivity contribution in [3.05, 3.63) is 91.8 Å². The molecule has 1 aliphatic heterocycles. The molecule has 2 aromatic heterocycles. The number of carbonyl (C=O) groups is 4. The SMILES string of the molecule is COc1ccc(S(N)(=O)=O)cc1C(=O)N1CCCNC(=O)c2csc(n2)[C@H](C(C)C)NC(=O)c2csc(n2)[C@H](Cc2ccccc2)NC(=O)C1. The predicted molar refractivity (Wildman–Crippen MR) is 188 cm³/mol. The lowest BCUT2D eigenvalue weighted by Gasteiger charge is -2.25. The van der Waals surface area contributed by atoms with Gasteiger partial charge in [-0.3, -0.25) is 19.2 Å². The molecular weight excluding hydrogens is 703 g/mol. The number of thiazole rings is 2. The Bertz CT molecular complexity index is 1980. The van der Waals surface area contributed by atoms with Crippen LogP contribution in [-0.4, -0.2) is 73.7 Å². The molecule has 5 rings (SSSR count). The summed E-state index contributed by atoms with van der Waals surface area (Å²) in [4.78, 5) is 64.2. The first-order valence-electron chi connectivity index (χ1n) is 15.7. The van der Waals surface area contributed by atoms with Gasteiger partial charge in [0, 0.05) is 23.8 Å². The van der Waals surface area contributed by atoms with Crippen LogP contribution in [0, 0.1) is 5.92 Å². The molecule has 1 aliphatic rings. The summed E-state index contributed by atoms with van der Waals surface area (Å²) in [5, 5.41) is 18.4. The average molecular weight is 740 g/mol. The number of methoxy groups -OCH3 is 1. The van der Waals surface area contributed by atoms with Crippen LogP contribution < -0.4 is 25.8 Å². The van der Waals surface area contributed by atoms with Gasteiger partial charge in [-0.25, -0.2) is 23.5 Å². The van der Waals surface area contributed by atoms with Gasteiger partial charge >= 0.3 is 0 Å². The Morgan fingerprint density at radius 3 is 2.36 bits per heavy atom. The van der Waals surface area contributed by atoms with E-state index in [0.29, 0.717) is 16.4 Å². The highest BCUT2D eigenvalue weighted by molar-refractivity contribution is 7.89. The molecule has 5 N–H and O–H groups in total. The first-order chi connectivity index (χ1) is 23.8. The first kappa shape index (κ1) is 36.6. The van der Waals surface area contributed by atoms with Gasteiger partial charge in [0.1, 0.15) is 27.2 Å².